The number of hydrogen-bond donors (Lipinski definition) is 3. The fourth-order valence-corrected chi connectivity index (χ4v) is 1.81. The van der Waals surface area contributed by atoms with Crippen molar-refractivity contribution in [3.05, 3.63) is 46.5 Å². The maximum atomic E-state index is 10.1. The second-order valence-electron chi connectivity index (χ2n) is 4.89. The van der Waals surface area contributed by atoms with Crippen molar-refractivity contribution >= 4 is 16.9 Å². The molecular weight excluding hydrogens is 316 g/mol. The van der Waals surface area contributed by atoms with Gasteiger partial charge in [0, 0.05) is 5.39 Å². The van der Waals surface area contributed by atoms with E-state index in [4.69, 9.17) is 16.6 Å². The van der Waals surface area contributed by atoms with E-state index in [-0.39, 0.29) is 5.88 Å². The summed E-state index contributed by atoms with van der Waals surface area (Å²) in [5, 5.41) is 18.4. The Balaban J connectivity index is 0.000000257. The number of aliphatic carboxylic acids is 1. The van der Waals surface area contributed by atoms with E-state index >= 15 is 0 Å². The predicted octanol–water partition coefficient (Wildman–Crippen LogP) is 1.33. The van der Waals surface area contributed by atoms with Crippen molar-refractivity contribution < 1.29 is 19.8 Å². The molecule has 0 aliphatic rings. The van der Waals surface area contributed by atoms with Crippen molar-refractivity contribution in [1.29, 1.82) is 0 Å². The third kappa shape index (κ3) is 6.99. The summed E-state index contributed by atoms with van der Waals surface area (Å²) in [6.45, 7) is 0.604. The van der Waals surface area contributed by atoms with Crippen LogP contribution in [0.2, 0.25) is 0 Å². The number of fused-ring (bicyclic) bond motifs is 1. The van der Waals surface area contributed by atoms with Crippen molar-refractivity contribution in [2.75, 3.05) is 6.54 Å². The molecule has 0 radical (unpaired) electrons. The molecule has 130 valence electrons. The highest BCUT2D eigenvalue weighted by atomic mass is 17.0. The molecule has 0 aliphatic heterocycles. The van der Waals surface area contributed by atoms with Gasteiger partial charge in [-0.15, -0.1) is 10.1 Å². The first-order chi connectivity index (χ1) is 11.4. The van der Waals surface area contributed by atoms with Crippen LogP contribution in [0.3, 0.4) is 0 Å². The van der Waals surface area contributed by atoms with Gasteiger partial charge in [-0.25, -0.2) is 4.98 Å². The number of carboxylic acids is 1. The van der Waals surface area contributed by atoms with Gasteiger partial charge in [-0.2, -0.15) is 0 Å². The van der Waals surface area contributed by atoms with Gasteiger partial charge in [0.05, 0.1) is 5.52 Å². The molecule has 0 unspecified atom stereocenters. The van der Waals surface area contributed by atoms with Gasteiger partial charge in [0.1, 0.15) is 6.04 Å². The summed E-state index contributed by atoms with van der Waals surface area (Å²) in [7, 11) is 0. The van der Waals surface area contributed by atoms with Crippen LogP contribution in [0.25, 0.3) is 10.9 Å². The quantitative estimate of drug-likeness (QED) is 0.388. The maximum absolute atomic E-state index is 10.1. The number of carbonyl (C=O) groups is 1. The number of benzene rings is 1. The summed E-state index contributed by atoms with van der Waals surface area (Å²) in [6, 6.07) is 9.79. The van der Waals surface area contributed by atoms with Crippen LogP contribution in [0.5, 0.6) is 5.88 Å². The van der Waals surface area contributed by atoms with Crippen LogP contribution in [0.4, 0.5) is 0 Å². The molecule has 1 atom stereocenters. The van der Waals surface area contributed by atoms with Gasteiger partial charge in [0.25, 0.3) is 0 Å². The smallest absolute Gasteiger partial charge is 0.320 e. The molecule has 0 saturated carbocycles. The van der Waals surface area contributed by atoms with E-state index in [1.165, 1.54) is 6.07 Å². The van der Waals surface area contributed by atoms with Crippen LogP contribution in [0, 0.1) is 10.1 Å². The lowest BCUT2D eigenvalue weighted by molar-refractivity contribution is -0.712. The summed E-state index contributed by atoms with van der Waals surface area (Å²) in [5.41, 5.74) is 11.1. The van der Waals surface area contributed by atoms with E-state index in [1.807, 2.05) is 18.2 Å². The summed E-state index contributed by atoms with van der Waals surface area (Å²) < 4.78 is 0. The highest BCUT2D eigenvalue weighted by Crippen LogP contribution is 2.15. The molecule has 0 aliphatic carbocycles. The van der Waals surface area contributed by atoms with Gasteiger partial charge in [-0.05, 0) is 37.6 Å². The number of nitrogens with two attached hydrogens (primary N) is 2. The highest BCUT2D eigenvalue weighted by Gasteiger charge is 2.09. The number of hydrogen-bond acceptors (Lipinski definition) is 7. The lowest BCUT2D eigenvalue weighted by atomic mass is 10.1. The number of unbranched alkanes of at least 4 members (excludes halogenated alkanes) is 1. The van der Waals surface area contributed by atoms with Gasteiger partial charge >= 0.3 is 11.1 Å². The molecule has 9 heteroatoms. The Morgan fingerprint density at radius 3 is 2.62 bits per heavy atom. The van der Waals surface area contributed by atoms with Gasteiger partial charge in [0.2, 0.25) is 5.88 Å². The van der Waals surface area contributed by atoms with Crippen LogP contribution in [-0.2, 0) is 4.79 Å². The number of pyridine rings is 1. The van der Waals surface area contributed by atoms with Crippen LogP contribution >= 0.6 is 0 Å². The molecule has 0 fully saturated rings. The van der Waals surface area contributed by atoms with Crippen LogP contribution < -0.4 is 16.3 Å². The zero-order valence-corrected chi connectivity index (χ0v) is 13.0. The Labute approximate surface area is 138 Å². The maximum Gasteiger partial charge on any atom is 0.320 e. The standard InChI is InChI=1S/C9H6N2O3.C6H14N2O2/c12-11(13)14-9-6-5-7-3-1-2-4-8(7)10-9;7-4-2-1-3-5(8)6(9)10/h1-6H;5H,1-4,7-8H2,(H,9,10)/t;5-/m.0/s1. The first-order valence-corrected chi connectivity index (χ1v) is 7.30. The first-order valence-electron chi connectivity index (χ1n) is 7.30. The average molecular weight is 336 g/mol. The minimum Gasteiger partial charge on any atom is -0.480 e. The van der Waals surface area contributed by atoms with Crippen molar-refractivity contribution in [1.82, 2.24) is 4.98 Å². The number of para-hydroxylation sites is 1. The molecular formula is C15H20N4O5. The third-order valence-corrected chi connectivity index (χ3v) is 3.03. The van der Waals surface area contributed by atoms with Gasteiger partial charge in [0.15, 0.2) is 0 Å². The van der Waals surface area contributed by atoms with Gasteiger partial charge < -0.3 is 16.6 Å². The van der Waals surface area contributed by atoms with Crippen LogP contribution in [0.1, 0.15) is 19.3 Å². The normalized spacial score (nSPS) is 11.2. The lowest BCUT2D eigenvalue weighted by Crippen LogP contribution is -2.29. The summed E-state index contributed by atoms with van der Waals surface area (Å²) >= 11 is 0. The Bertz CT molecular complexity index is 680. The van der Waals surface area contributed by atoms with Crippen molar-refractivity contribution in [3.8, 4) is 5.88 Å². The highest BCUT2D eigenvalue weighted by molar-refractivity contribution is 5.78. The Morgan fingerprint density at radius 1 is 1.29 bits per heavy atom. The number of carboxylic acid groups (broad SMARTS) is 1. The predicted molar refractivity (Wildman–Crippen MR) is 87.9 cm³/mol. The first kappa shape index (κ1) is 19.3. The van der Waals surface area contributed by atoms with Gasteiger partial charge in [-0.3, -0.25) is 9.63 Å². The van der Waals surface area contributed by atoms with E-state index in [0.29, 0.717) is 18.5 Å². The molecule has 0 amide bonds. The molecule has 0 saturated heterocycles. The zero-order valence-electron chi connectivity index (χ0n) is 13.0. The second kappa shape index (κ2) is 10.1. The minimum atomic E-state index is -0.933. The molecule has 24 heavy (non-hydrogen) atoms. The van der Waals surface area contributed by atoms with E-state index in [9.17, 15) is 14.9 Å². The zero-order chi connectivity index (χ0) is 17.9. The number of nitrogens with zero attached hydrogens (tertiary/aromatic N) is 2. The van der Waals surface area contributed by atoms with E-state index in [1.54, 1.807) is 12.1 Å². The molecule has 9 nitrogen and oxygen atoms in total. The summed E-state index contributed by atoms with van der Waals surface area (Å²) in [6.07, 6.45) is 2.16. The Morgan fingerprint density at radius 2 is 2.00 bits per heavy atom. The summed E-state index contributed by atoms with van der Waals surface area (Å²) in [5.74, 6) is -0.939. The Kier molecular flexibility index (Phi) is 8.09. The minimum absolute atomic E-state index is 0.00583. The fraction of sp³-hybridized carbons (Fsp3) is 0.333. The van der Waals surface area contributed by atoms with E-state index in [0.717, 1.165) is 18.2 Å². The molecule has 0 spiro atoms. The molecule has 1 aromatic heterocycles. The molecule has 2 rings (SSSR count). The van der Waals surface area contributed by atoms with E-state index < -0.39 is 17.1 Å². The molecule has 1 aromatic carbocycles. The largest absolute Gasteiger partial charge is 0.480 e. The van der Waals surface area contributed by atoms with Crippen molar-refractivity contribution in [2.45, 2.75) is 25.3 Å². The molecule has 2 aromatic rings. The SMILES string of the molecule is NCCCC[C@H](N)C(=O)O.O=[N+]([O-])Oc1ccc2ccccc2n1. The number of aromatic nitrogens is 1. The molecule has 0 bridgehead atoms. The Hall–Kier alpha value is -2.78. The molecule has 5 N–H and O–H groups in total. The monoisotopic (exact) mass is 336 g/mol. The average Bonchev–Trinajstić information content (AvgIpc) is 2.55. The van der Waals surface area contributed by atoms with Crippen molar-refractivity contribution in [3.63, 3.8) is 0 Å². The molecule has 1 heterocycles. The fourth-order valence-electron chi connectivity index (χ4n) is 1.81. The van der Waals surface area contributed by atoms with Crippen molar-refractivity contribution in [2.24, 2.45) is 11.5 Å². The van der Waals surface area contributed by atoms with Gasteiger partial charge in [-0.1, -0.05) is 24.6 Å². The topological polar surface area (TPSA) is 155 Å². The second-order valence-corrected chi connectivity index (χ2v) is 4.89. The van der Waals surface area contributed by atoms with E-state index in [2.05, 4.69) is 9.82 Å². The lowest BCUT2D eigenvalue weighted by Gasteiger charge is -2.03. The number of rotatable bonds is 7. The van der Waals surface area contributed by atoms with Crippen LogP contribution in [-0.4, -0.2) is 33.7 Å². The van der Waals surface area contributed by atoms with Crippen LogP contribution in [0.15, 0.2) is 36.4 Å². The summed E-state index contributed by atoms with van der Waals surface area (Å²) in [4.78, 5) is 28.4. The third-order valence-electron chi connectivity index (χ3n) is 3.03.